The summed E-state index contributed by atoms with van der Waals surface area (Å²) in [6.07, 6.45) is 4.70. The van der Waals surface area contributed by atoms with Gasteiger partial charge in [-0.1, -0.05) is 6.92 Å². The Morgan fingerprint density at radius 2 is 2.08 bits per heavy atom. The average molecular weight is 217 g/mol. The summed E-state index contributed by atoms with van der Waals surface area (Å²) in [6, 6.07) is 4.49. The molecule has 1 rings (SSSR count). The van der Waals surface area contributed by atoms with E-state index >= 15 is 0 Å². The molecule has 1 aromatic heterocycles. The first-order valence-electron chi connectivity index (χ1n) is 4.94. The molecular weight excluding hydrogens is 200 g/mol. The first-order chi connectivity index (χ1) is 6.22. The normalized spacial score (nSPS) is 13.2. The molecular formula is C11H17ClS. The van der Waals surface area contributed by atoms with E-state index in [-0.39, 0.29) is 0 Å². The Morgan fingerprint density at radius 1 is 1.38 bits per heavy atom. The molecule has 1 unspecified atom stereocenters. The van der Waals surface area contributed by atoms with Crippen molar-refractivity contribution in [3.05, 3.63) is 21.9 Å². The minimum Gasteiger partial charge on any atom is -0.145 e. The monoisotopic (exact) mass is 216 g/mol. The first kappa shape index (κ1) is 11.1. The maximum atomic E-state index is 5.88. The summed E-state index contributed by atoms with van der Waals surface area (Å²) >= 11 is 7.82. The number of hydrogen-bond acceptors (Lipinski definition) is 1. The molecule has 0 spiro atoms. The molecule has 0 aliphatic rings. The van der Waals surface area contributed by atoms with E-state index in [0.717, 1.165) is 12.8 Å². The van der Waals surface area contributed by atoms with E-state index in [9.17, 15) is 0 Å². The van der Waals surface area contributed by atoms with Crippen LogP contribution in [0.2, 0.25) is 0 Å². The summed E-state index contributed by atoms with van der Waals surface area (Å²) < 4.78 is 0. The van der Waals surface area contributed by atoms with Crippen LogP contribution in [0.15, 0.2) is 12.1 Å². The van der Waals surface area contributed by atoms with E-state index in [2.05, 4.69) is 26.0 Å². The van der Waals surface area contributed by atoms with Gasteiger partial charge in [0.2, 0.25) is 0 Å². The second kappa shape index (κ2) is 5.66. The topological polar surface area (TPSA) is 0 Å². The lowest BCUT2D eigenvalue weighted by molar-refractivity contribution is 0.729. The molecule has 1 atom stereocenters. The van der Waals surface area contributed by atoms with Crippen molar-refractivity contribution >= 4 is 22.9 Å². The SMILES string of the molecule is CCc1ccc(CCCC(C)Cl)s1. The van der Waals surface area contributed by atoms with Gasteiger partial charge in [-0.2, -0.15) is 0 Å². The van der Waals surface area contributed by atoms with Gasteiger partial charge in [0.05, 0.1) is 0 Å². The van der Waals surface area contributed by atoms with E-state index in [1.165, 1.54) is 22.6 Å². The van der Waals surface area contributed by atoms with Gasteiger partial charge in [0.15, 0.2) is 0 Å². The van der Waals surface area contributed by atoms with Crippen molar-refractivity contribution in [2.45, 2.75) is 44.9 Å². The molecule has 0 aliphatic carbocycles. The number of rotatable bonds is 5. The van der Waals surface area contributed by atoms with Crippen LogP contribution < -0.4 is 0 Å². The van der Waals surface area contributed by atoms with E-state index < -0.39 is 0 Å². The van der Waals surface area contributed by atoms with Gasteiger partial charge in [0, 0.05) is 15.1 Å². The highest BCUT2D eigenvalue weighted by atomic mass is 35.5. The van der Waals surface area contributed by atoms with Crippen LogP contribution in [0.5, 0.6) is 0 Å². The van der Waals surface area contributed by atoms with Crippen LogP contribution in [0.25, 0.3) is 0 Å². The van der Waals surface area contributed by atoms with Gasteiger partial charge in [-0.25, -0.2) is 0 Å². The van der Waals surface area contributed by atoms with Crippen LogP contribution in [-0.2, 0) is 12.8 Å². The second-order valence-electron chi connectivity index (χ2n) is 3.39. The maximum Gasteiger partial charge on any atom is 0.0308 e. The molecule has 0 fully saturated rings. The molecule has 0 aliphatic heterocycles. The van der Waals surface area contributed by atoms with Gasteiger partial charge in [-0.15, -0.1) is 22.9 Å². The van der Waals surface area contributed by atoms with Crippen molar-refractivity contribution in [2.75, 3.05) is 0 Å². The van der Waals surface area contributed by atoms with Gasteiger partial charge in [0.25, 0.3) is 0 Å². The summed E-state index contributed by atoms with van der Waals surface area (Å²) in [5.74, 6) is 0. The van der Waals surface area contributed by atoms with Crippen molar-refractivity contribution in [3.8, 4) is 0 Å². The Balaban J connectivity index is 2.28. The molecule has 0 N–H and O–H groups in total. The molecule has 0 radical (unpaired) electrons. The molecule has 13 heavy (non-hydrogen) atoms. The van der Waals surface area contributed by atoms with Crippen molar-refractivity contribution in [3.63, 3.8) is 0 Å². The third-order valence-electron chi connectivity index (χ3n) is 2.09. The molecule has 0 nitrogen and oxygen atoms in total. The predicted molar refractivity (Wildman–Crippen MR) is 62.0 cm³/mol. The van der Waals surface area contributed by atoms with Gasteiger partial charge < -0.3 is 0 Å². The number of hydrogen-bond donors (Lipinski definition) is 0. The quantitative estimate of drug-likeness (QED) is 0.646. The smallest absolute Gasteiger partial charge is 0.0308 e. The highest BCUT2D eigenvalue weighted by Crippen LogP contribution is 2.19. The highest BCUT2D eigenvalue weighted by molar-refractivity contribution is 7.11. The fraction of sp³-hybridized carbons (Fsp3) is 0.636. The van der Waals surface area contributed by atoms with Gasteiger partial charge in [0.1, 0.15) is 0 Å². The number of thiophene rings is 1. The molecule has 0 saturated heterocycles. The largest absolute Gasteiger partial charge is 0.145 e. The van der Waals surface area contributed by atoms with E-state index in [1.807, 2.05) is 11.3 Å². The zero-order chi connectivity index (χ0) is 9.68. The summed E-state index contributed by atoms with van der Waals surface area (Å²) in [6.45, 7) is 4.27. The van der Waals surface area contributed by atoms with Crippen molar-refractivity contribution in [1.29, 1.82) is 0 Å². The van der Waals surface area contributed by atoms with Gasteiger partial charge in [-0.3, -0.25) is 0 Å². The van der Waals surface area contributed by atoms with Gasteiger partial charge >= 0.3 is 0 Å². The van der Waals surface area contributed by atoms with E-state index in [1.54, 1.807) is 0 Å². The fourth-order valence-corrected chi connectivity index (χ4v) is 2.46. The maximum absolute atomic E-state index is 5.88. The molecule has 1 heterocycles. The Kier molecular flexibility index (Phi) is 4.82. The fourth-order valence-electron chi connectivity index (χ4n) is 1.30. The number of alkyl halides is 1. The van der Waals surface area contributed by atoms with Crippen LogP contribution in [0, 0.1) is 0 Å². The van der Waals surface area contributed by atoms with Crippen LogP contribution in [0.1, 0.15) is 36.4 Å². The second-order valence-corrected chi connectivity index (χ2v) is 5.39. The van der Waals surface area contributed by atoms with E-state index in [0.29, 0.717) is 5.38 Å². The number of halogens is 1. The molecule has 0 bridgehead atoms. The Hall–Kier alpha value is -0.0100. The average Bonchev–Trinajstić information content (AvgIpc) is 2.52. The molecule has 0 amide bonds. The lowest BCUT2D eigenvalue weighted by atomic mass is 10.2. The van der Waals surface area contributed by atoms with Crippen LogP contribution in [-0.4, -0.2) is 5.38 Å². The Bertz CT molecular complexity index is 240. The van der Waals surface area contributed by atoms with Gasteiger partial charge in [-0.05, 0) is 44.7 Å². The molecule has 74 valence electrons. The zero-order valence-corrected chi connectivity index (χ0v) is 9.92. The lowest BCUT2D eigenvalue weighted by Crippen LogP contribution is -1.91. The number of aryl methyl sites for hydroxylation is 2. The lowest BCUT2D eigenvalue weighted by Gasteiger charge is -2.00. The Labute approximate surface area is 89.9 Å². The Morgan fingerprint density at radius 3 is 2.62 bits per heavy atom. The molecule has 2 heteroatoms. The molecule has 0 aromatic carbocycles. The summed E-state index contributed by atoms with van der Waals surface area (Å²) in [5.41, 5.74) is 0. The molecule has 0 saturated carbocycles. The summed E-state index contributed by atoms with van der Waals surface area (Å²) in [7, 11) is 0. The third kappa shape index (κ3) is 4.15. The van der Waals surface area contributed by atoms with Crippen molar-refractivity contribution in [1.82, 2.24) is 0 Å². The van der Waals surface area contributed by atoms with Crippen LogP contribution in [0.3, 0.4) is 0 Å². The standard InChI is InChI=1S/C11H17ClS/c1-3-10-7-8-11(13-10)6-4-5-9(2)12/h7-9H,3-6H2,1-2H3. The third-order valence-corrected chi connectivity index (χ3v) is 3.60. The zero-order valence-electron chi connectivity index (χ0n) is 8.35. The highest BCUT2D eigenvalue weighted by Gasteiger charge is 2.00. The predicted octanol–water partition coefficient (Wildman–Crippen LogP) is 4.26. The molecule has 1 aromatic rings. The first-order valence-corrected chi connectivity index (χ1v) is 6.19. The van der Waals surface area contributed by atoms with Crippen molar-refractivity contribution in [2.24, 2.45) is 0 Å². The minimum atomic E-state index is 0.325. The minimum absolute atomic E-state index is 0.325. The summed E-state index contributed by atoms with van der Waals surface area (Å²) in [5, 5.41) is 0.325. The summed E-state index contributed by atoms with van der Waals surface area (Å²) in [4.78, 5) is 3.00. The van der Waals surface area contributed by atoms with E-state index in [4.69, 9.17) is 11.6 Å². The van der Waals surface area contributed by atoms with Crippen molar-refractivity contribution < 1.29 is 0 Å². The van der Waals surface area contributed by atoms with Crippen LogP contribution in [0.4, 0.5) is 0 Å². The van der Waals surface area contributed by atoms with Crippen LogP contribution >= 0.6 is 22.9 Å².